The van der Waals surface area contributed by atoms with E-state index >= 15 is 0 Å². The highest BCUT2D eigenvalue weighted by Crippen LogP contribution is 2.43. The molecule has 1 rings (SSSR count). The van der Waals surface area contributed by atoms with E-state index in [0.29, 0.717) is 6.20 Å². The van der Waals surface area contributed by atoms with E-state index in [-0.39, 0.29) is 0 Å². The molecule has 1 aromatic rings. The summed E-state index contributed by atoms with van der Waals surface area (Å²) in [6.07, 6.45) is -11.5. The molecule has 0 aliphatic rings. The molecule has 0 saturated carbocycles. The Morgan fingerprint density at radius 2 is 1.85 bits per heavy atom. The van der Waals surface area contributed by atoms with Gasteiger partial charge >= 0.3 is 18.5 Å². The molecule has 5 nitrogen and oxygen atoms in total. The number of aliphatic carboxylic acids is 1. The topological polar surface area (TPSA) is 85.4 Å². The standard InChI is InChI=1S/C9H6F6N2O3/c10-8(11,12)6-4(1-5(18)19)17-2-3(16)7(6)20-9(13,14)15/h2H,1,16H2,(H,18,19). The number of nitrogen functional groups attached to an aromatic ring is 1. The van der Waals surface area contributed by atoms with E-state index in [9.17, 15) is 31.1 Å². The van der Waals surface area contributed by atoms with Crippen molar-refractivity contribution in [3.8, 4) is 5.75 Å². The number of halogens is 6. The predicted octanol–water partition coefficient (Wildman–Crippen LogP) is 2.21. The lowest BCUT2D eigenvalue weighted by Crippen LogP contribution is -2.23. The maximum atomic E-state index is 12.8. The summed E-state index contributed by atoms with van der Waals surface area (Å²) >= 11 is 0. The van der Waals surface area contributed by atoms with Crippen LogP contribution in [-0.4, -0.2) is 22.4 Å². The zero-order chi connectivity index (χ0) is 15.7. The molecule has 0 radical (unpaired) electrons. The van der Waals surface area contributed by atoms with Crippen LogP contribution in [0.1, 0.15) is 11.3 Å². The number of anilines is 1. The summed E-state index contributed by atoms with van der Waals surface area (Å²) in [6, 6.07) is 0. The Kier molecular flexibility index (Phi) is 4.01. The molecule has 0 aliphatic heterocycles. The highest BCUT2D eigenvalue weighted by atomic mass is 19.4. The normalized spacial score (nSPS) is 12.3. The van der Waals surface area contributed by atoms with Crippen molar-refractivity contribution in [2.45, 2.75) is 19.0 Å². The summed E-state index contributed by atoms with van der Waals surface area (Å²) in [5.74, 6) is -3.41. The lowest BCUT2D eigenvalue weighted by atomic mass is 10.1. The number of pyridine rings is 1. The Hall–Kier alpha value is -2.20. The van der Waals surface area contributed by atoms with E-state index in [1.165, 1.54) is 0 Å². The molecule has 0 atom stereocenters. The summed E-state index contributed by atoms with van der Waals surface area (Å²) in [6.45, 7) is 0. The van der Waals surface area contributed by atoms with Crippen molar-refractivity contribution in [1.82, 2.24) is 4.98 Å². The molecule has 0 aliphatic carbocycles. The number of rotatable bonds is 3. The van der Waals surface area contributed by atoms with Gasteiger partial charge in [0.25, 0.3) is 0 Å². The molecule has 0 saturated heterocycles. The van der Waals surface area contributed by atoms with Gasteiger partial charge in [-0.05, 0) is 0 Å². The number of aromatic nitrogens is 1. The smallest absolute Gasteiger partial charge is 0.481 e. The summed E-state index contributed by atoms with van der Waals surface area (Å²) < 4.78 is 77.9. The second-order valence-corrected chi connectivity index (χ2v) is 3.48. The lowest BCUT2D eigenvalue weighted by molar-refractivity contribution is -0.276. The summed E-state index contributed by atoms with van der Waals surface area (Å²) in [5, 5.41) is 8.45. The fourth-order valence-electron chi connectivity index (χ4n) is 1.34. The van der Waals surface area contributed by atoms with Crippen LogP contribution < -0.4 is 10.5 Å². The maximum Gasteiger partial charge on any atom is 0.573 e. The molecule has 1 aromatic heterocycles. The lowest BCUT2D eigenvalue weighted by Gasteiger charge is -2.18. The third kappa shape index (κ3) is 3.90. The van der Waals surface area contributed by atoms with E-state index in [1.807, 2.05) is 0 Å². The summed E-state index contributed by atoms with van der Waals surface area (Å²) in [7, 11) is 0. The van der Waals surface area contributed by atoms with E-state index < -0.39 is 47.6 Å². The third-order valence-electron chi connectivity index (χ3n) is 1.96. The van der Waals surface area contributed by atoms with Gasteiger partial charge in [0.15, 0.2) is 5.75 Å². The Morgan fingerprint density at radius 1 is 1.30 bits per heavy atom. The first-order chi connectivity index (χ1) is 8.92. The Bertz CT molecular complexity index is 526. The number of carbonyl (C=O) groups is 1. The van der Waals surface area contributed by atoms with Crippen molar-refractivity contribution in [3.63, 3.8) is 0 Å². The van der Waals surface area contributed by atoms with Gasteiger partial charge in [-0.1, -0.05) is 0 Å². The van der Waals surface area contributed by atoms with Crippen molar-refractivity contribution >= 4 is 11.7 Å². The van der Waals surface area contributed by atoms with Gasteiger partial charge < -0.3 is 15.6 Å². The van der Waals surface area contributed by atoms with E-state index in [1.54, 1.807) is 0 Å². The molecular weight excluding hydrogens is 298 g/mol. The van der Waals surface area contributed by atoms with E-state index in [2.05, 4.69) is 9.72 Å². The number of nitrogens with zero attached hydrogens (tertiary/aromatic N) is 1. The first-order valence-corrected chi connectivity index (χ1v) is 4.74. The zero-order valence-corrected chi connectivity index (χ0v) is 9.34. The summed E-state index contributed by atoms with van der Waals surface area (Å²) in [5.41, 5.74) is 0.892. The Balaban J connectivity index is 3.50. The fraction of sp³-hybridized carbons (Fsp3) is 0.333. The van der Waals surface area contributed by atoms with Crippen LogP contribution in [-0.2, 0) is 17.4 Å². The third-order valence-corrected chi connectivity index (χ3v) is 1.96. The SMILES string of the molecule is Nc1cnc(CC(=O)O)c(C(F)(F)F)c1OC(F)(F)F. The Morgan fingerprint density at radius 3 is 2.25 bits per heavy atom. The van der Waals surface area contributed by atoms with Gasteiger partial charge in [-0.2, -0.15) is 13.2 Å². The van der Waals surface area contributed by atoms with Crippen molar-refractivity contribution in [1.29, 1.82) is 0 Å². The first-order valence-electron chi connectivity index (χ1n) is 4.74. The van der Waals surface area contributed by atoms with Crippen molar-refractivity contribution in [2.24, 2.45) is 0 Å². The van der Waals surface area contributed by atoms with Crippen LogP contribution in [0.15, 0.2) is 6.20 Å². The van der Waals surface area contributed by atoms with Crippen LogP contribution in [0.3, 0.4) is 0 Å². The second-order valence-electron chi connectivity index (χ2n) is 3.48. The maximum absolute atomic E-state index is 12.8. The van der Waals surface area contributed by atoms with Crippen LogP contribution in [0.2, 0.25) is 0 Å². The van der Waals surface area contributed by atoms with Crippen LogP contribution in [0.25, 0.3) is 0 Å². The fourth-order valence-corrected chi connectivity index (χ4v) is 1.34. The molecule has 112 valence electrons. The van der Waals surface area contributed by atoms with Crippen molar-refractivity contribution in [3.05, 3.63) is 17.5 Å². The largest absolute Gasteiger partial charge is 0.573 e. The van der Waals surface area contributed by atoms with Gasteiger partial charge in [0.2, 0.25) is 0 Å². The van der Waals surface area contributed by atoms with Crippen LogP contribution in [0.4, 0.5) is 32.0 Å². The van der Waals surface area contributed by atoms with Gasteiger partial charge in [0.05, 0.1) is 24.0 Å². The molecule has 3 N–H and O–H groups in total. The van der Waals surface area contributed by atoms with Crippen molar-refractivity contribution < 1.29 is 41.0 Å². The van der Waals surface area contributed by atoms with Crippen LogP contribution in [0.5, 0.6) is 5.75 Å². The molecule has 0 fully saturated rings. The molecule has 1 heterocycles. The van der Waals surface area contributed by atoms with Gasteiger partial charge in [0.1, 0.15) is 5.56 Å². The number of alkyl halides is 6. The van der Waals surface area contributed by atoms with E-state index in [0.717, 1.165) is 0 Å². The minimum atomic E-state index is -5.42. The van der Waals surface area contributed by atoms with Gasteiger partial charge in [-0.15, -0.1) is 13.2 Å². The van der Waals surface area contributed by atoms with E-state index in [4.69, 9.17) is 10.8 Å². The molecule has 20 heavy (non-hydrogen) atoms. The average Bonchev–Trinajstić information content (AvgIpc) is 2.18. The Labute approximate surface area is 107 Å². The van der Waals surface area contributed by atoms with Gasteiger partial charge in [-0.3, -0.25) is 9.78 Å². The second kappa shape index (κ2) is 5.06. The molecule has 0 bridgehead atoms. The highest BCUT2D eigenvalue weighted by Gasteiger charge is 2.43. The monoisotopic (exact) mass is 304 g/mol. The first kappa shape index (κ1) is 15.9. The number of ether oxygens (including phenoxy) is 1. The molecule has 0 amide bonds. The predicted molar refractivity (Wildman–Crippen MR) is 51.7 cm³/mol. The van der Waals surface area contributed by atoms with Gasteiger partial charge in [-0.25, -0.2) is 0 Å². The molecule has 11 heteroatoms. The number of carboxylic acids is 1. The van der Waals surface area contributed by atoms with Crippen LogP contribution >= 0.6 is 0 Å². The average molecular weight is 304 g/mol. The highest BCUT2D eigenvalue weighted by molar-refractivity contribution is 5.71. The molecule has 0 aromatic carbocycles. The minimum Gasteiger partial charge on any atom is -0.481 e. The molecular formula is C9H6F6N2O3. The number of carboxylic acid groups (broad SMARTS) is 1. The molecule has 0 spiro atoms. The number of hydrogen-bond acceptors (Lipinski definition) is 4. The summed E-state index contributed by atoms with van der Waals surface area (Å²) in [4.78, 5) is 13.5. The van der Waals surface area contributed by atoms with Crippen LogP contribution in [0, 0.1) is 0 Å². The molecule has 0 unspecified atom stereocenters. The zero-order valence-electron chi connectivity index (χ0n) is 9.34. The van der Waals surface area contributed by atoms with Gasteiger partial charge in [0, 0.05) is 0 Å². The number of hydrogen-bond donors (Lipinski definition) is 2. The minimum absolute atomic E-state index is 0.467. The number of nitrogens with two attached hydrogens (primary N) is 1. The quantitative estimate of drug-likeness (QED) is 0.836. The van der Waals surface area contributed by atoms with Crippen molar-refractivity contribution in [2.75, 3.05) is 5.73 Å².